The van der Waals surface area contributed by atoms with Gasteiger partial charge in [-0.1, -0.05) is 36.4 Å². The van der Waals surface area contributed by atoms with Crippen molar-refractivity contribution in [3.05, 3.63) is 78.9 Å². The molecule has 0 saturated carbocycles. The van der Waals surface area contributed by atoms with Crippen molar-refractivity contribution in [2.24, 2.45) is 5.84 Å². The number of rotatable bonds is 6. The number of aliphatic hydroxyl groups is 1. The van der Waals surface area contributed by atoms with E-state index in [1.807, 2.05) is 78.9 Å². The van der Waals surface area contributed by atoms with Crippen LogP contribution in [0.5, 0.6) is 11.5 Å². The summed E-state index contributed by atoms with van der Waals surface area (Å²) < 4.78 is 5.86. The van der Waals surface area contributed by atoms with E-state index in [1.54, 1.807) is 0 Å². The Hall–Kier alpha value is -3.48. The third-order valence-corrected chi connectivity index (χ3v) is 4.30. The van der Waals surface area contributed by atoms with Gasteiger partial charge in [0.05, 0.1) is 24.4 Å². The number of fused-ring (bicyclic) bond motifs is 1. The predicted octanol–water partition coefficient (Wildman–Crippen LogP) is 3.76. The zero-order valence-corrected chi connectivity index (χ0v) is 15.2. The molecule has 0 saturated heterocycles. The smallest absolute Gasteiger partial charge is 0.241 e. The molecule has 1 aromatic heterocycles. The first-order valence-corrected chi connectivity index (χ1v) is 8.98. The lowest BCUT2D eigenvalue weighted by molar-refractivity contribution is 0.301. The van der Waals surface area contributed by atoms with Crippen LogP contribution in [0.1, 0.15) is 0 Å². The second-order valence-electron chi connectivity index (χ2n) is 6.25. The standard InChI is InChI=1S/C22H20N4O2/c23-26(14-15-27)22-24-20-9-5-4-8-19(20)21(25-22)16-10-12-18(13-11-16)28-17-6-2-1-3-7-17/h1-13,27H,14-15,23H2. The van der Waals surface area contributed by atoms with Gasteiger partial charge in [-0.05, 0) is 42.5 Å². The van der Waals surface area contributed by atoms with Crippen molar-refractivity contribution in [1.82, 2.24) is 9.97 Å². The molecule has 0 amide bonds. The number of hydrogen-bond acceptors (Lipinski definition) is 6. The van der Waals surface area contributed by atoms with E-state index in [4.69, 9.17) is 15.7 Å². The SMILES string of the molecule is NN(CCO)c1nc(-c2ccc(Oc3ccccc3)cc2)c2ccccc2n1. The first kappa shape index (κ1) is 17.9. The van der Waals surface area contributed by atoms with Crippen molar-refractivity contribution < 1.29 is 9.84 Å². The summed E-state index contributed by atoms with van der Waals surface area (Å²) in [6.07, 6.45) is 0. The van der Waals surface area contributed by atoms with E-state index in [1.165, 1.54) is 5.01 Å². The second kappa shape index (κ2) is 8.04. The molecule has 0 aliphatic carbocycles. The molecule has 0 bridgehead atoms. The molecule has 6 nitrogen and oxygen atoms in total. The number of aromatic nitrogens is 2. The number of aliphatic hydroxyl groups excluding tert-OH is 1. The van der Waals surface area contributed by atoms with Crippen molar-refractivity contribution in [3.63, 3.8) is 0 Å². The van der Waals surface area contributed by atoms with Gasteiger partial charge in [0.25, 0.3) is 0 Å². The minimum absolute atomic E-state index is 0.0759. The van der Waals surface area contributed by atoms with Crippen LogP contribution in [0, 0.1) is 0 Å². The van der Waals surface area contributed by atoms with Gasteiger partial charge in [-0.15, -0.1) is 0 Å². The molecule has 4 aromatic rings. The number of benzene rings is 3. The van der Waals surface area contributed by atoms with Gasteiger partial charge in [0.1, 0.15) is 11.5 Å². The summed E-state index contributed by atoms with van der Waals surface area (Å²) >= 11 is 0. The second-order valence-corrected chi connectivity index (χ2v) is 6.25. The van der Waals surface area contributed by atoms with E-state index >= 15 is 0 Å². The molecule has 3 N–H and O–H groups in total. The van der Waals surface area contributed by atoms with Gasteiger partial charge in [0, 0.05) is 10.9 Å². The van der Waals surface area contributed by atoms with Gasteiger partial charge < -0.3 is 9.84 Å². The molecule has 0 unspecified atom stereocenters. The van der Waals surface area contributed by atoms with E-state index in [0.717, 1.165) is 33.7 Å². The van der Waals surface area contributed by atoms with Gasteiger partial charge in [-0.3, -0.25) is 5.01 Å². The summed E-state index contributed by atoms with van der Waals surface area (Å²) in [4.78, 5) is 9.15. The minimum Gasteiger partial charge on any atom is -0.457 e. The molecule has 140 valence electrons. The van der Waals surface area contributed by atoms with Crippen LogP contribution in [0.15, 0.2) is 78.9 Å². The molecule has 0 fully saturated rings. The molecule has 28 heavy (non-hydrogen) atoms. The summed E-state index contributed by atoms with van der Waals surface area (Å²) in [5.41, 5.74) is 2.50. The van der Waals surface area contributed by atoms with Gasteiger partial charge in [0.15, 0.2) is 0 Å². The number of nitrogens with two attached hydrogens (primary N) is 1. The Balaban J connectivity index is 1.71. The maximum Gasteiger partial charge on any atom is 0.241 e. The molecule has 0 aliphatic heterocycles. The molecule has 0 atom stereocenters. The van der Waals surface area contributed by atoms with Crippen LogP contribution in [-0.2, 0) is 0 Å². The minimum atomic E-state index is -0.0759. The first-order valence-electron chi connectivity index (χ1n) is 8.98. The molecule has 3 aromatic carbocycles. The van der Waals surface area contributed by atoms with Crippen molar-refractivity contribution in [2.45, 2.75) is 0 Å². The number of hydrazine groups is 1. The van der Waals surface area contributed by atoms with E-state index < -0.39 is 0 Å². The molecule has 6 heteroatoms. The summed E-state index contributed by atoms with van der Waals surface area (Å²) in [6, 6.07) is 25.2. The van der Waals surface area contributed by atoms with E-state index in [9.17, 15) is 0 Å². The fourth-order valence-electron chi connectivity index (χ4n) is 2.93. The van der Waals surface area contributed by atoms with Crippen LogP contribution in [0.4, 0.5) is 5.95 Å². The molecule has 0 spiro atoms. The lowest BCUT2D eigenvalue weighted by atomic mass is 10.1. The summed E-state index contributed by atoms with van der Waals surface area (Å²) in [5, 5.41) is 11.4. The largest absolute Gasteiger partial charge is 0.457 e. The van der Waals surface area contributed by atoms with Gasteiger partial charge in [-0.2, -0.15) is 0 Å². The Morgan fingerprint density at radius 3 is 2.25 bits per heavy atom. The number of nitrogens with zero attached hydrogens (tertiary/aromatic N) is 3. The summed E-state index contributed by atoms with van der Waals surface area (Å²) in [5.74, 6) is 7.88. The Morgan fingerprint density at radius 1 is 0.821 bits per heavy atom. The number of anilines is 1. The van der Waals surface area contributed by atoms with Crippen molar-refractivity contribution in [3.8, 4) is 22.8 Å². The fraction of sp³-hybridized carbons (Fsp3) is 0.0909. The van der Waals surface area contributed by atoms with Crippen molar-refractivity contribution in [2.75, 3.05) is 18.2 Å². The molecular formula is C22H20N4O2. The van der Waals surface area contributed by atoms with Crippen LogP contribution in [0.25, 0.3) is 22.2 Å². The molecule has 0 aliphatic rings. The maximum atomic E-state index is 9.16. The zero-order chi connectivity index (χ0) is 19.3. The van der Waals surface area contributed by atoms with Crippen molar-refractivity contribution >= 4 is 16.9 Å². The lowest BCUT2D eigenvalue weighted by Gasteiger charge is -2.17. The summed E-state index contributed by atoms with van der Waals surface area (Å²) in [7, 11) is 0. The average Bonchev–Trinajstić information content (AvgIpc) is 2.74. The highest BCUT2D eigenvalue weighted by atomic mass is 16.5. The van der Waals surface area contributed by atoms with E-state index in [2.05, 4.69) is 9.97 Å². The lowest BCUT2D eigenvalue weighted by Crippen LogP contribution is -2.35. The Labute approximate surface area is 162 Å². The number of hydrogen-bond donors (Lipinski definition) is 2. The Kier molecular flexibility index (Phi) is 5.14. The quantitative estimate of drug-likeness (QED) is 0.396. The third-order valence-electron chi connectivity index (χ3n) is 4.30. The highest BCUT2D eigenvalue weighted by molar-refractivity contribution is 5.93. The van der Waals surface area contributed by atoms with E-state index in [-0.39, 0.29) is 13.2 Å². The highest BCUT2D eigenvalue weighted by Gasteiger charge is 2.13. The predicted molar refractivity (Wildman–Crippen MR) is 110 cm³/mol. The van der Waals surface area contributed by atoms with Crippen LogP contribution in [0.2, 0.25) is 0 Å². The van der Waals surface area contributed by atoms with Crippen LogP contribution >= 0.6 is 0 Å². The monoisotopic (exact) mass is 372 g/mol. The normalized spacial score (nSPS) is 10.8. The van der Waals surface area contributed by atoms with Gasteiger partial charge in [-0.25, -0.2) is 15.8 Å². The Bertz CT molecular complexity index is 1070. The van der Waals surface area contributed by atoms with E-state index in [0.29, 0.717) is 5.95 Å². The maximum absolute atomic E-state index is 9.16. The highest BCUT2D eigenvalue weighted by Crippen LogP contribution is 2.30. The van der Waals surface area contributed by atoms with Crippen LogP contribution in [-0.4, -0.2) is 28.2 Å². The molecule has 4 rings (SSSR count). The average molecular weight is 372 g/mol. The van der Waals surface area contributed by atoms with Crippen LogP contribution in [0.3, 0.4) is 0 Å². The van der Waals surface area contributed by atoms with Gasteiger partial charge in [0.2, 0.25) is 5.95 Å². The Morgan fingerprint density at radius 2 is 1.50 bits per heavy atom. The molecular weight excluding hydrogens is 352 g/mol. The zero-order valence-electron chi connectivity index (χ0n) is 15.2. The molecule has 1 heterocycles. The number of para-hydroxylation sites is 2. The molecule has 0 radical (unpaired) electrons. The third kappa shape index (κ3) is 3.78. The fourth-order valence-corrected chi connectivity index (χ4v) is 2.93. The van der Waals surface area contributed by atoms with Crippen molar-refractivity contribution in [1.29, 1.82) is 0 Å². The summed E-state index contributed by atoms with van der Waals surface area (Å²) in [6.45, 7) is 0.176. The van der Waals surface area contributed by atoms with Crippen LogP contribution < -0.4 is 15.6 Å². The first-order chi connectivity index (χ1) is 13.7. The van der Waals surface area contributed by atoms with Gasteiger partial charge >= 0.3 is 0 Å². The topological polar surface area (TPSA) is 84.5 Å². The number of ether oxygens (including phenoxy) is 1.